The maximum atomic E-state index is 11.7. The number of thiazole rings is 1. The second-order valence-corrected chi connectivity index (χ2v) is 4.94. The van der Waals surface area contributed by atoms with Gasteiger partial charge in [0.1, 0.15) is 9.87 Å². The van der Waals surface area contributed by atoms with Gasteiger partial charge in [-0.05, 0) is 5.56 Å². The van der Waals surface area contributed by atoms with Crippen LogP contribution in [0.2, 0.25) is 0 Å². The van der Waals surface area contributed by atoms with E-state index in [2.05, 4.69) is 10.3 Å². The zero-order chi connectivity index (χ0) is 13.0. The second kappa shape index (κ2) is 5.70. The Morgan fingerprint density at radius 1 is 1.39 bits per heavy atom. The Hall–Kier alpha value is -1.79. The van der Waals surface area contributed by atoms with Crippen molar-refractivity contribution < 1.29 is 4.79 Å². The molecule has 6 heteroatoms. The Kier molecular flexibility index (Phi) is 4.01. The summed E-state index contributed by atoms with van der Waals surface area (Å²) < 4.78 is 0. The lowest BCUT2D eigenvalue weighted by Gasteiger charge is -2.04. The van der Waals surface area contributed by atoms with Crippen LogP contribution in [0, 0.1) is 0 Å². The number of thiocarbonyl (C=S) groups is 1. The molecule has 0 saturated carbocycles. The summed E-state index contributed by atoms with van der Waals surface area (Å²) in [5, 5.41) is 2.82. The fourth-order valence-electron chi connectivity index (χ4n) is 1.38. The van der Waals surface area contributed by atoms with E-state index in [0.717, 1.165) is 11.1 Å². The molecule has 0 saturated heterocycles. The summed E-state index contributed by atoms with van der Waals surface area (Å²) >= 11 is 6.18. The van der Waals surface area contributed by atoms with Gasteiger partial charge in [0.05, 0.1) is 11.7 Å². The van der Waals surface area contributed by atoms with Crippen LogP contribution in [0.15, 0.2) is 36.0 Å². The number of carbonyl (C=O) groups is 1. The Labute approximate surface area is 114 Å². The summed E-state index contributed by atoms with van der Waals surface area (Å²) in [6.07, 6.45) is 1.55. The Morgan fingerprint density at radius 2 is 2.11 bits per heavy atom. The largest absolute Gasteiger partial charge is 0.389 e. The third-order valence-electron chi connectivity index (χ3n) is 2.35. The van der Waals surface area contributed by atoms with Gasteiger partial charge >= 0.3 is 0 Å². The van der Waals surface area contributed by atoms with Crippen molar-refractivity contribution in [2.75, 3.05) is 0 Å². The summed E-state index contributed by atoms with van der Waals surface area (Å²) in [4.78, 5) is 16.5. The van der Waals surface area contributed by atoms with E-state index in [-0.39, 0.29) is 5.91 Å². The maximum absolute atomic E-state index is 11.7. The molecule has 1 amide bonds. The molecule has 1 aromatic carbocycles. The molecule has 0 spiro atoms. The van der Waals surface area contributed by atoms with E-state index in [4.69, 9.17) is 18.0 Å². The zero-order valence-corrected chi connectivity index (χ0v) is 11.1. The topological polar surface area (TPSA) is 68.0 Å². The second-order valence-electron chi connectivity index (χ2n) is 3.61. The van der Waals surface area contributed by atoms with Gasteiger partial charge in [-0.3, -0.25) is 9.78 Å². The maximum Gasteiger partial charge on any atom is 0.263 e. The van der Waals surface area contributed by atoms with Crippen molar-refractivity contribution in [1.82, 2.24) is 10.3 Å². The molecule has 4 nitrogen and oxygen atoms in total. The minimum Gasteiger partial charge on any atom is -0.389 e. The van der Waals surface area contributed by atoms with E-state index < -0.39 is 0 Å². The van der Waals surface area contributed by atoms with E-state index in [9.17, 15) is 4.79 Å². The smallest absolute Gasteiger partial charge is 0.263 e. The van der Waals surface area contributed by atoms with E-state index in [1.165, 1.54) is 11.3 Å². The number of nitrogens with two attached hydrogens (primary N) is 1. The fourth-order valence-corrected chi connectivity index (χ4v) is 2.06. The van der Waals surface area contributed by atoms with Crippen molar-refractivity contribution in [2.45, 2.75) is 6.54 Å². The highest BCUT2D eigenvalue weighted by Crippen LogP contribution is 2.07. The molecule has 18 heavy (non-hydrogen) atoms. The molecular formula is C12H11N3OS2. The highest BCUT2D eigenvalue weighted by atomic mass is 32.1. The summed E-state index contributed by atoms with van der Waals surface area (Å²) in [6.45, 7) is 0.467. The van der Waals surface area contributed by atoms with Gasteiger partial charge in [0, 0.05) is 12.1 Å². The standard InChI is InChI=1S/C12H11N3OS2/c13-11(17)9-3-1-8(2-4-9)5-15-12(16)10-6-14-7-18-10/h1-4,6-7H,5H2,(H2,13,17)(H,15,16). The number of hydrogen-bond donors (Lipinski definition) is 2. The van der Waals surface area contributed by atoms with Crippen LogP contribution in [-0.2, 0) is 6.54 Å². The number of rotatable bonds is 4. The number of benzene rings is 1. The van der Waals surface area contributed by atoms with Crippen molar-refractivity contribution in [3.05, 3.63) is 52.0 Å². The van der Waals surface area contributed by atoms with Gasteiger partial charge in [0.2, 0.25) is 0 Å². The quantitative estimate of drug-likeness (QED) is 0.835. The predicted molar refractivity (Wildman–Crippen MR) is 75.6 cm³/mol. The molecule has 0 aliphatic carbocycles. The first kappa shape index (κ1) is 12.7. The zero-order valence-electron chi connectivity index (χ0n) is 9.42. The Bertz CT molecular complexity index is 549. The molecule has 1 heterocycles. The summed E-state index contributed by atoms with van der Waals surface area (Å²) in [5.74, 6) is -0.115. The monoisotopic (exact) mass is 277 g/mol. The summed E-state index contributed by atoms with van der Waals surface area (Å²) in [5.41, 5.74) is 8.95. The fraction of sp³-hybridized carbons (Fsp3) is 0.0833. The lowest BCUT2D eigenvalue weighted by atomic mass is 10.1. The molecule has 2 rings (SSSR count). The molecule has 3 N–H and O–H groups in total. The molecule has 0 aliphatic rings. The molecule has 0 bridgehead atoms. The van der Waals surface area contributed by atoms with Crippen LogP contribution in [0.5, 0.6) is 0 Å². The summed E-state index contributed by atoms with van der Waals surface area (Å²) in [6, 6.07) is 7.47. The first-order valence-corrected chi connectivity index (χ1v) is 6.51. The number of nitrogens with zero attached hydrogens (tertiary/aromatic N) is 1. The first-order chi connectivity index (χ1) is 8.66. The normalized spacial score (nSPS) is 10.0. The molecule has 0 fully saturated rings. The van der Waals surface area contributed by atoms with Gasteiger partial charge in [-0.15, -0.1) is 11.3 Å². The molecule has 0 aliphatic heterocycles. The van der Waals surface area contributed by atoms with Crippen LogP contribution in [0.3, 0.4) is 0 Å². The van der Waals surface area contributed by atoms with Gasteiger partial charge in [-0.25, -0.2) is 0 Å². The van der Waals surface area contributed by atoms with E-state index in [0.29, 0.717) is 16.4 Å². The summed E-state index contributed by atoms with van der Waals surface area (Å²) in [7, 11) is 0. The van der Waals surface area contributed by atoms with Crippen LogP contribution >= 0.6 is 23.6 Å². The third kappa shape index (κ3) is 3.12. The van der Waals surface area contributed by atoms with Crippen LogP contribution in [0.25, 0.3) is 0 Å². The third-order valence-corrected chi connectivity index (χ3v) is 3.36. The van der Waals surface area contributed by atoms with Crippen molar-refractivity contribution in [1.29, 1.82) is 0 Å². The van der Waals surface area contributed by atoms with Gasteiger partial charge < -0.3 is 11.1 Å². The van der Waals surface area contributed by atoms with Gasteiger partial charge in [0.25, 0.3) is 5.91 Å². The van der Waals surface area contributed by atoms with E-state index in [1.54, 1.807) is 11.7 Å². The predicted octanol–water partition coefficient (Wildman–Crippen LogP) is 1.71. The number of aromatic nitrogens is 1. The van der Waals surface area contributed by atoms with Crippen molar-refractivity contribution in [3.63, 3.8) is 0 Å². The van der Waals surface area contributed by atoms with Crippen LogP contribution < -0.4 is 11.1 Å². The molecular weight excluding hydrogens is 266 g/mol. The highest BCUT2D eigenvalue weighted by Gasteiger charge is 2.06. The highest BCUT2D eigenvalue weighted by molar-refractivity contribution is 7.80. The van der Waals surface area contributed by atoms with E-state index >= 15 is 0 Å². The lowest BCUT2D eigenvalue weighted by Crippen LogP contribution is -2.21. The molecule has 2 aromatic rings. The molecule has 0 atom stereocenters. The average molecular weight is 277 g/mol. The van der Waals surface area contributed by atoms with Gasteiger partial charge in [-0.1, -0.05) is 36.5 Å². The number of carbonyl (C=O) groups excluding carboxylic acids is 1. The number of nitrogens with one attached hydrogen (secondary N) is 1. The average Bonchev–Trinajstić information content (AvgIpc) is 2.90. The van der Waals surface area contributed by atoms with Gasteiger partial charge in [-0.2, -0.15) is 0 Å². The lowest BCUT2D eigenvalue weighted by molar-refractivity contribution is 0.0955. The van der Waals surface area contributed by atoms with Crippen molar-refractivity contribution >= 4 is 34.5 Å². The van der Waals surface area contributed by atoms with Gasteiger partial charge in [0.15, 0.2) is 0 Å². The number of hydrogen-bond acceptors (Lipinski definition) is 4. The minimum atomic E-state index is -0.115. The molecule has 92 valence electrons. The van der Waals surface area contributed by atoms with Crippen molar-refractivity contribution in [3.8, 4) is 0 Å². The van der Waals surface area contributed by atoms with Crippen LogP contribution in [-0.4, -0.2) is 15.9 Å². The Morgan fingerprint density at radius 3 is 2.67 bits per heavy atom. The van der Waals surface area contributed by atoms with Crippen molar-refractivity contribution in [2.24, 2.45) is 5.73 Å². The molecule has 1 aromatic heterocycles. The van der Waals surface area contributed by atoms with Crippen LogP contribution in [0.4, 0.5) is 0 Å². The number of amides is 1. The Balaban J connectivity index is 1.94. The van der Waals surface area contributed by atoms with E-state index in [1.807, 2.05) is 24.3 Å². The minimum absolute atomic E-state index is 0.115. The first-order valence-electron chi connectivity index (χ1n) is 5.22. The molecule has 0 radical (unpaired) electrons. The SMILES string of the molecule is NC(=S)c1ccc(CNC(=O)c2cncs2)cc1. The molecule has 0 unspecified atom stereocenters. The van der Waals surface area contributed by atoms with Crippen LogP contribution in [0.1, 0.15) is 20.8 Å².